The average molecular weight is 351 g/mol. The number of ether oxygens (including phenoxy) is 1. The summed E-state index contributed by atoms with van der Waals surface area (Å²) in [4.78, 5) is 12.0. The summed E-state index contributed by atoms with van der Waals surface area (Å²) >= 11 is 0. The van der Waals surface area contributed by atoms with Crippen molar-refractivity contribution in [1.29, 1.82) is 0 Å². The Morgan fingerprint density at radius 3 is 2.96 bits per heavy atom. The van der Waals surface area contributed by atoms with E-state index in [-0.39, 0.29) is 11.0 Å². The minimum Gasteiger partial charge on any atom is -0.366 e. The summed E-state index contributed by atoms with van der Waals surface area (Å²) in [6.45, 7) is 7.57. The van der Waals surface area contributed by atoms with Gasteiger partial charge in [-0.05, 0) is 67.1 Å². The minimum absolute atomic E-state index is 0.0194. The van der Waals surface area contributed by atoms with Gasteiger partial charge in [-0.2, -0.15) is 0 Å². The number of hydrogen-bond donors (Lipinski definition) is 0. The van der Waals surface area contributed by atoms with Crippen LogP contribution in [0.4, 0.5) is 0 Å². The van der Waals surface area contributed by atoms with E-state index >= 15 is 0 Å². The molecule has 138 valence electrons. The summed E-state index contributed by atoms with van der Waals surface area (Å²) in [5, 5.41) is 0. The lowest BCUT2D eigenvalue weighted by Gasteiger charge is -2.58. The van der Waals surface area contributed by atoms with Gasteiger partial charge in [-0.25, -0.2) is 0 Å². The number of rotatable bonds is 1. The van der Waals surface area contributed by atoms with Gasteiger partial charge in [-0.3, -0.25) is 4.79 Å². The van der Waals surface area contributed by atoms with Gasteiger partial charge in [0, 0.05) is 18.3 Å². The molecule has 0 N–H and O–H groups in total. The first-order chi connectivity index (χ1) is 12.6. The van der Waals surface area contributed by atoms with Crippen LogP contribution in [-0.4, -0.2) is 18.0 Å². The Labute approximate surface area is 156 Å². The molecule has 6 unspecified atom stereocenters. The fraction of sp³-hybridized carbons (Fsp3) is 0.708. The molecule has 0 saturated heterocycles. The van der Waals surface area contributed by atoms with Crippen molar-refractivity contribution < 1.29 is 9.53 Å². The number of carbonyl (C=O) groups is 1. The summed E-state index contributed by atoms with van der Waals surface area (Å²) < 4.78 is 6.50. The van der Waals surface area contributed by atoms with Gasteiger partial charge in [-0.1, -0.05) is 36.8 Å². The van der Waals surface area contributed by atoms with Crippen molar-refractivity contribution in [3.05, 3.63) is 36.5 Å². The molecule has 6 rings (SSSR count). The molecule has 26 heavy (non-hydrogen) atoms. The number of hydrogen-bond acceptors (Lipinski definition) is 2. The van der Waals surface area contributed by atoms with Gasteiger partial charge >= 0.3 is 0 Å². The van der Waals surface area contributed by atoms with Crippen LogP contribution in [0.15, 0.2) is 36.5 Å². The lowest BCUT2D eigenvalue weighted by Crippen LogP contribution is -2.55. The molecule has 2 nitrogen and oxygen atoms in total. The molecule has 0 bridgehead atoms. The Balaban J connectivity index is 1.44. The molecule has 5 aliphatic carbocycles. The van der Waals surface area contributed by atoms with E-state index in [0.29, 0.717) is 30.0 Å². The molecule has 0 amide bonds. The molecule has 0 aromatic carbocycles. The first kappa shape index (κ1) is 15.9. The van der Waals surface area contributed by atoms with Crippen LogP contribution in [0.5, 0.6) is 0 Å². The van der Waals surface area contributed by atoms with Crippen molar-refractivity contribution in [2.75, 3.05) is 6.61 Å². The fourth-order valence-corrected chi connectivity index (χ4v) is 8.50. The number of carbonyl (C=O) groups excluding carboxylic acids is 1. The van der Waals surface area contributed by atoms with Crippen molar-refractivity contribution >= 4 is 5.78 Å². The van der Waals surface area contributed by atoms with Crippen LogP contribution in [0, 0.1) is 46.8 Å². The van der Waals surface area contributed by atoms with E-state index in [1.807, 2.05) is 0 Å². The summed E-state index contributed by atoms with van der Waals surface area (Å²) in [5.41, 5.74) is 1.75. The lowest BCUT2D eigenvalue weighted by atomic mass is 9.47. The second-order valence-electron chi connectivity index (χ2n) is 10.2. The standard InChI is InChI=1S/C24H30O2/c1-3-14-11-15-12-16(25)5-6-17(15)18-7-9-23(2)22(21(14)18)19-13-20(19)24(23)8-4-10-26-24/h3-4,8,11,14,17-22H,1,5-7,9-10,12-13H2,2H3/t14?,17-,18?,19?,20?,21?,22?,23-,24-/m0/s1. The van der Waals surface area contributed by atoms with Crippen molar-refractivity contribution in [3.8, 4) is 0 Å². The Bertz CT molecular complexity index is 747. The van der Waals surface area contributed by atoms with E-state index in [0.717, 1.165) is 43.1 Å². The predicted octanol–water partition coefficient (Wildman–Crippen LogP) is 4.72. The first-order valence-corrected chi connectivity index (χ1v) is 10.8. The fourth-order valence-electron chi connectivity index (χ4n) is 8.50. The van der Waals surface area contributed by atoms with Crippen molar-refractivity contribution in [3.63, 3.8) is 0 Å². The highest BCUT2D eigenvalue weighted by Gasteiger charge is 2.76. The topological polar surface area (TPSA) is 26.3 Å². The molecule has 0 radical (unpaired) electrons. The number of fused-ring (bicyclic) bond motifs is 9. The Kier molecular flexibility index (Phi) is 3.06. The van der Waals surface area contributed by atoms with Crippen LogP contribution in [0.3, 0.4) is 0 Å². The molecule has 0 aromatic heterocycles. The second-order valence-corrected chi connectivity index (χ2v) is 10.2. The van der Waals surface area contributed by atoms with Crippen LogP contribution in [-0.2, 0) is 9.53 Å². The van der Waals surface area contributed by atoms with Gasteiger partial charge in [0.1, 0.15) is 5.78 Å². The van der Waals surface area contributed by atoms with E-state index in [1.165, 1.54) is 24.8 Å². The SMILES string of the molecule is C=CC1C=C2CC(=O)CC[C@@H]2C2CC[C@@]3(C)C(C4CC4[C@@]34C=CCO4)C12. The van der Waals surface area contributed by atoms with Crippen molar-refractivity contribution in [2.24, 2.45) is 46.8 Å². The number of allylic oxidation sites excluding steroid dienone is 3. The van der Waals surface area contributed by atoms with E-state index in [4.69, 9.17) is 4.74 Å². The van der Waals surface area contributed by atoms with Crippen LogP contribution >= 0.6 is 0 Å². The summed E-state index contributed by atoms with van der Waals surface area (Å²) in [7, 11) is 0. The molecule has 1 heterocycles. The predicted molar refractivity (Wildman–Crippen MR) is 101 cm³/mol. The average Bonchev–Trinajstić information content (AvgIpc) is 3.20. The van der Waals surface area contributed by atoms with E-state index in [2.05, 4.69) is 37.8 Å². The molecule has 2 heteroatoms. The summed E-state index contributed by atoms with van der Waals surface area (Å²) in [6, 6.07) is 0. The molecule has 4 saturated carbocycles. The molecular formula is C24H30O2. The van der Waals surface area contributed by atoms with Crippen molar-refractivity contribution in [1.82, 2.24) is 0 Å². The van der Waals surface area contributed by atoms with Crippen LogP contribution in [0.2, 0.25) is 0 Å². The third-order valence-corrected chi connectivity index (χ3v) is 9.42. The van der Waals surface area contributed by atoms with Gasteiger partial charge in [0.2, 0.25) is 0 Å². The number of Topliss-reactive ketones (excluding diaryl/α,β-unsaturated/α-hetero) is 1. The molecule has 6 aliphatic rings. The van der Waals surface area contributed by atoms with Crippen LogP contribution < -0.4 is 0 Å². The smallest absolute Gasteiger partial charge is 0.136 e. The van der Waals surface area contributed by atoms with Gasteiger partial charge in [0.05, 0.1) is 12.2 Å². The van der Waals surface area contributed by atoms with E-state index < -0.39 is 0 Å². The molecule has 1 aliphatic heterocycles. The molecule has 4 fully saturated rings. The van der Waals surface area contributed by atoms with E-state index in [9.17, 15) is 4.79 Å². The third-order valence-electron chi connectivity index (χ3n) is 9.42. The zero-order chi connectivity index (χ0) is 17.7. The molecule has 0 aromatic rings. The zero-order valence-electron chi connectivity index (χ0n) is 15.8. The monoisotopic (exact) mass is 350 g/mol. The molecule has 1 spiro atoms. The second kappa shape index (κ2) is 5.01. The maximum absolute atomic E-state index is 12.0. The Morgan fingerprint density at radius 1 is 1.31 bits per heavy atom. The maximum Gasteiger partial charge on any atom is 0.136 e. The highest BCUT2D eigenvalue weighted by Crippen LogP contribution is 2.77. The molecule has 9 atom stereocenters. The largest absolute Gasteiger partial charge is 0.366 e. The quantitative estimate of drug-likeness (QED) is 0.640. The minimum atomic E-state index is 0.0194. The zero-order valence-corrected chi connectivity index (χ0v) is 15.8. The Hall–Kier alpha value is -1.15. The van der Waals surface area contributed by atoms with E-state index in [1.54, 1.807) is 0 Å². The normalized spacial score (nSPS) is 56.4. The maximum atomic E-state index is 12.0. The summed E-state index contributed by atoms with van der Waals surface area (Å²) in [6.07, 6.45) is 15.9. The summed E-state index contributed by atoms with van der Waals surface area (Å²) in [5.74, 6) is 5.37. The third kappa shape index (κ3) is 1.71. The van der Waals surface area contributed by atoms with Gasteiger partial charge in [-0.15, -0.1) is 6.58 Å². The first-order valence-electron chi connectivity index (χ1n) is 10.8. The van der Waals surface area contributed by atoms with Gasteiger partial charge in [0.15, 0.2) is 0 Å². The van der Waals surface area contributed by atoms with Crippen LogP contribution in [0.1, 0.15) is 45.4 Å². The Morgan fingerprint density at radius 2 is 2.19 bits per heavy atom. The van der Waals surface area contributed by atoms with Gasteiger partial charge < -0.3 is 4.74 Å². The highest BCUT2D eigenvalue weighted by atomic mass is 16.5. The molecular weight excluding hydrogens is 320 g/mol. The van der Waals surface area contributed by atoms with Crippen LogP contribution in [0.25, 0.3) is 0 Å². The highest BCUT2D eigenvalue weighted by molar-refractivity contribution is 5.82. The van der Waals surface area contributed by atoms with Gasteiger partial charge in [0.25, 0.3) is 0 Å². The lowest BCUT2D eigenvalue weighted by molar-refractivity contribution is -0.134. The van der Waals surface area contributed by atoms with Crippen molar-refractivity contribution in [2.45, 2.75) is 51.0 Å². The number of ketones is 1.